The van der Waals surface area contributed by atoms with Gasteiger partial charge in [-0.1, -0.05) is 24.3 Å². The molecular formula is C13H10O5S. The SMILES string of the molecule is O=C1C=C/C(=C\c2ccccc2S(=O)(=O)O)C=C1O. The predicted molar refractivity (Wildman–Crippen MR) is 69.1 cm³/mol. The highest BCUT2D eigenvalue weighted by molar-refractivity contribution is 7.85. The largest absolute Gasteiger partial charge is 0.504 e. The monoisotopic (exact) mass is 278 g/mol. The molecule has 1 aromatic rings. The van der Waals surface area contributed by atoms with Gasteiger partial charge in [-0.05, 0) is 35.4 Å². The third kappa shape index (κ3) is 2.98. The molecule has 0 heterocycles. The summed E-state index contributed by atoms with van der Waals surface area (Å²) in [4.78, 5) is 10.8. The molecule has 0 spiro atoms. The first-order valence-corrected chi connectivity index (χ1v) is 6.73. The fourth-order valence-corrected chi connectivity index (χ4v) is 2.31. The Hall–Kier alpha value is -2.18. The molecule has 1 aliphatic carbocycles. The van der Waals surface area contributed by atoms with E-state index < -0.39 is 21.7 Å². The molecule has 0 unspecified atom stereocenters. The average molecular weight is 278 g/mol. The van der Waals surface area contributed by atoms with Crippen molar-refractivity contribution < 1.29 is 22.9 Å². The standard InChI is InChI=1S/C13H10O5S/c14-11-6-5-9(8-12(11)15)7-10-3-1-2-4-13(10)19(16,17)18/h1-8,15H,(H,16,17,18)/b9-7+. The number of benzene rings is 1. The summed E-state index contributed by atoms with van der Waals surface area (Å²) in [6.07, 6.45) is 5.30. The average Bonchev–Trinajstić information content (AvgIpc) is 2.33. The molecule has 5 nitrogen and oxygen atoms in total. The number of hydrogen-bond acceptors (Lipinski definition) is 4. The summed E-state index contributed by atoms with van der Waals surface area (Å²) in [6.45, 7) is 0. The summed E-state index contributed by atoms with van der Waals surface area (Å²) in [5, 5.41) is 9.31. The number of aliphatic hydroxyl groups is 1. The lowest BCUT2D eigenvalue weighted by molar-refractivity contribution is -0.113. The first-order valence-electron chi connectivity index (χ1n) is 5.29. The summed E-state index contributed by atoms with van der Waals surface area (Å²) in [5.74, 6) is -0.932. The van der Waals surface area contributed by atoms with E-state index in [2.05, 4.69) is 0 Å². The number of allylic oxidation sites excluding steroid dienone is 4. The third-order valence-corrected chi connectivity index (χ3v) is 3.43. The highest BCUT2D eigenvalue weighted by Gasteiger charge is 2.14. The van der Waals surface area contributed by atoms with Gasteiger partial charge in [0.1, 0.15) is 4.90 Å². The fourth-order valence-electron chi connectivity index (χ4n) is 1.64. The Kier molecular flexibility index (Phi) is 3.37. The number of carbonyl (C=O) groups excluding carboxylic acids is 1. The molecule has 0 saturated heterocycles. The van der Waals surface area contributed by atoms with E-state index in [0.29, 0.717) is 5.57 Å². The maximum atomic E-state index is 11.2. The van der Waals surface area contributed by atoms with Gasteiger partial charge in [-0.15, -0.1) is 0 Å². The fraction of sp³-hybridized carbons (Fsp3) is 0. The van der Waals surface area contributed by atoms with Crippen molar-refractivity contribution in [1.82, 2.24) is 0 Å². The number of rotatable bonds is 2. The molecule has 1 aliphatic rings. The van der Waals surface area contributed by atoms with Gasteiger partial charge in [0.25, 0.3) is 10.1 Å². The topological polar surface area (TPSA) is 91.7 Å². The molecule has 0 aliphatic heterocycles. The summed E-state index contributed by atoms with van der Waals surface area (Å²) < 4.78 is 31.5. The van der Waals surface area contributed by atoms with Crippen molar-refractivity contribution in [3.8, 4) is 0 Å². The van der Waals surface area contributed by atoms with Gasteiger partial charge in [-0.3, -0.25) is 9.35 Å². The van der Waals surface area contributed by atoms with E-state index in [1.54, 1.807) is 6.07 Å². The Morgan fingerprint density at radius 2 is 1.79 bits per heavy atom. The minimum Gasteiger partial charge on any atom is -0.504 e. The van der Waals surface area contributed by atoms with Crippen LogP contribution in [0.5, 0.6) is 0 Å². The molecular weight excluding hydrogens is 268 g/mol. The van der Waals surface area contributed by atoms with Gasteiger partial charge in [-0.25, -0.2) is 0 Å². The quantitative estimate of drug-likeness (QED) is 0.806. The van der Waals surface area contributed by atoms with Crippen LogP contribution < -0.4 is 0 Å². The van der Waals surface area contributed by atoms with Crippen molar-refractivity contribution >= 4 is 22.0 Å². The maximum Gasteiger partial charge on any atom is 0.295 e. The van der Waals surface area contributed by atoms with Gasteiger partial charge in [-0.2, -0.15) is 8.42 Å². The van der Waals surface area contributed by atoms with E-state index in [9.17, 15) is 18.3 Å². The number of aliphatic hydroxyl groups excluding tert-OH is 1. The minimum atomic E-state index is -4.33. The number of ketones is 1. The summed E-state index contributed by atoms with van der Waals surface area (Å²) in [7, 11) is -4.33. The van der Waals surface area contributed by atoms with E-state index >= 15 is 0 Å². The van der Waals surface area contributed by atoms with Crippen LogP contribution in [0.3, 0.4) is 0 Å². The van der Waals surface area contributed by atoms with Crippen molar-refractivity contribution in [1.29, 1.82) is 0 Å². The lowest BCUT2D eigenvalue weighted by Crippen LogP contribution is -2.03. The second-order valence-corrected chi connectivity index (χ2v) is 5.27. The van der Waals surface area contributed by atoms with Crippen molar-refractivity contribution in [2.45, 2.75) is 4.90 Å². The Bertz CT molecular complexity index is 723. The van der Waals surface area contributed by atoms with Gasteiger partial charge >= 0.3 is 0 Å². The van der Waals surface area contributed by atoms with Crippen LogP contribution in [0, 0.1) is 0 Å². The van der Waals surface area contributed by atoms with Crippen molar-refractivity contribution in [3.63, 3.8) is 0 Å². The highest BCUT2D eigenvalue weighted by atomic mass is 32.2. The summed E-state index contributed by atoms with van der Waals surface area (Å²) >= 11 is 0. The van der Waals surface area contributed by atoms with Crippen LogP contribution >= 0.6 is 0 Å². The van der Waals surface area contributed by atoms with Crippen molar-refractivity contribution in [2.24, 2.45) is 0 Å². The molecule has 0 saturated carbocycles. The molecule has 0 bridgehead atoms. The van der Waals surface area contributed by atoms with Crippen LogP contribution in [0.1, 0.15) is 5.56 Å². The van der Waals surface area contributed by atoms with Crippen molar-refractivity contribution in [2.75, 3.05) is 0 Å². The molecule has 2 rings (SSSR count). The van der Waals surface area contributed by atoms with E-state index in [4.69, 9.17) is 4.55 Å². The molecule has 0 radical (unpaired) electrons. The predicted octanol–water partition coefficient (Wildman–Crippen LogP) is 1.90. The zero-order valence-electron chi connectivity index (χ0n) is 9.65. The zero-order chi connectivity index (χ0) is 14.0. The Morgan fingerprint density at radius 3 is 2.42 bits per heavy atom. The van der Waals surface area contributed by atoms with Crippen LogP contribution in [-0.4, -0.2) is 23.9 Å². The highest BCUT2D eigenvalue weighted by Crippen LogP contribution is 2.21. The van der Waals surface area contributed by atoms with Crippen molar-refractivity contribution in [3.05, 3.63) is 59.4 Å². The lowest BCUT2D eigenvalue weighted by Gasteiger charge is -2.06. The number of carbonyl (C=O) groups is 1. The maximum absolute atomic E-state index is 11.2. The molecule has 0 atom stereocenters. The molecule has 0 aromatic heterocycles. The van der Waals surface area contributed by atoms with Gasteiger partial charge < -0.3 is 5.11 Å². The van der Waals surface area contributed by atoms with Gasteiger partial charge in [0.15, 0.2) is 5.76 Å². The van der Waals surface area contributed by atoms with Gasteiger partial charge in [0.2, 0.25) is 5.78 Å². The molecule has 2 N–H and O–H groups in total. The first-order chi connectivity index (χ1) is 8.88. The Labute approximate surface area is 109 Å². The Balaban J connectivity index is 2.51. The van der Waals surface area contributed by atoms with Crippen LogP contribution in [0.15, 0.2) is 58.7 Å². The summed E-state index contributed by atoms with van der Waals surface area (Å²) in [6, 6.07) is 5.87. The van der Waals surface area contributed by atoms with Crippen LogP contribution in [-0.2, 0) is 14.9 Å². The number of hydrogen-bond donors (Lipinski definition) is 2. The van der Waals surface area contributed by atoms with Crippen LogP contribution in [0.4, 0.5) is 0 Å². The molecule has 1 aromatic carbocycles. The van der Waals surface area contributed by atoms with Crippen LogP contribution in [0.2, 0.25) is 0 Å². The van der Waals surface area contributed by atoms with E-state index in [1.807, 2.05) is 0 Å². The minimum absolute atomic E-state index is 0.235. The second kappa shape index (κ2) is 4.83. The van der Waals surface area contributed by atoms with Crippen LogP contribution in [0.25, 0.3) is 6.08 Å². The molecule has 19 heavy (non-hydrogen) atoms. The molecule has 6 heteroatoms. The smallest absolute Gasteiger partial charge is 0.295 e. The third-order valence-electron chi connectivity index (χ3n) is 2.50. The molecule has 0 amide bonds. The molecule has 0 fully saturated rings. The lowest BCUT2D eigenvalue weighted by atomic mass is 10.0. The van der Waals surface area contributed by atoms with Gasteiger partial charge in [0.05, 0.1) is 0 Å². The zero-order valence-corrected chi connectivity index (χ0v) is 10.5. The van der Waals surface area contributed by atoms with E-state index in [1.165, 1.54) is 42.5 Å². The van der Waals surface area contributed by atoms with E-state index in [-0.39, 0.29) is 10.5 Å². The van der Waals surface area contributed by atoms with Gasteiger partial charge in [0, 0.05) is 0 Å². The summed E-state index contributed by atoms with van der Waals surface area (Å²) in [5.41, 5.74) is 0.719. The Morgan fingerprint density at radius 1 is 1.11 bits per heavy atom. The van der Waals surface area contributed by atoms with E-state index in [0.717, 1.165) is 0 Å². The normalized spacial score (nSPS) is 17.6. The molecule has 98 valence electrons. The second-order valence-electron chi connectivity index (χ2n) is 3.88. The first kappa shape index (κ1) is 13.3.